The summed E-state index contributed by atoms with van der Waals surface area (Å²) in [5.41, 5.74) is 2.21. The molecule has 0 aliphatic carbocycles. The highest BCUT2D eigenvalue weighted by Gasteiger charge is 2.37. The van der Waals surface area contributed by atoms with Gasteiger partial charge in [-0.25, -0.2) is 9.69 Å². The van der Waals surface area contributed by atoms with Crippen molar-refractivity contribution in [2.45, 2.75) is 13.5 Å². The molecule has 1 aliphatic rings. The number of para-hydroxylation sites is 1. The number of nitro groups is 1. The van der Waals surface area contributed by atoms with Gasteiger partial charge in [0, 0.05) is 12.1 Å². The van der Waals surface area contributed by atoms with E-state index in [2.05, 4.69) is 21.2 Å². The summed E-state index contributed by atoms with van der Waals surface area (Å²) in [6.07, 6.45) is 1.40. The lowest BCUT2D eigenvalue weighted by atomic mass is 10.1. The average molecular weight is 536 g/mol. The van der Waals surface area contributed by atoms with E-state index < -0.39 is 22.8 Å². The number of aryl methyl sites for hydroxylation is 1. The van der Waals surface area contributed by atoms with Gasteiger partial charge in [0.25, 0.3) is 17.5 Å². The number of rotatable bonds is 6. The number of benzene rings is 3. The Morgan fingerprint density at radius 2 is 1.77 bits per heavy atom. The minimum Gasteiger partial charge on any atom is -0.488 e. The lowest BCUT2D eigenvalue weighted by Crippen LogP contribution is -2.54. The summed E-state index contributed by atoms with van der Waals surface area (Å²) in [6, 6.07) is 17.1. The second kappa shape index (κ2) is 9.90. The topological polar surface area (TPSA) is 119 Å². The second-order valence-corrected chi connectivity index (χ2v) is 8.50. The van der Waals surface area contributed by atoms with E-state index >= 15 is 0 Å². The normalized spacial score (nSPS) is 14.7. The van der Waals surface area contributed by atoms with Crippen LogP contribution in [0.25, 0.3) is 6.08 Å². The number of ether oxygens (including phenoxy) is 1. The number of urea groups is 1. The van der Waals surface area contributed by atoms with Gasteiger partial charge in [-0.3, -0.25) is 25.0 Å². The summed E-state index contributed by atoms with van der Waals surface area (Å²) < 4.78 is 6.35. The van der Waals surface area contributed by atoms with Gasteiger partial charge in [0.1, 0.15) is 17.9 Å². The third kappa shape index (κ3) is 5.12. The van der Waals surface area contributed by atoms with Gasteiger partial charge in [-0.2, -0.15) is 0 Å². The first-order chi connectivity index (χ1) is 16.7. The van der Waals surface area contributed by atoms with E-state index in [4.69, 9.17) is 4.74 Å². The van der Waals surface area contributed by atoms with Crippen molar-refractivity contribution in [2.75, 3.05) is 4.90 Å². The summed E-state index contributed by atoms with van der Waals surface area (Å²) in [4.78, 5) is 49.1. The lowest BCUT2D eigenvalue weighted by molar-refractivity contribution is -0.384. The molecule has 0 atom stereocenters. The number of non-ortho nitro benzene ring substituents is 1. The van der Waals surface area contributed by atoms with Gasteiger partial charge in [-0.15, -0.1) is 0 Å². The van der Waals surface area contributed by atoms with Crippen molar-refractivity contribution in [2.24, 2.45) is 0 Å². The molecule has 1 fully saturated rings. The van der Waals surface area contributed by atoms with E-state index in [1.54, 1.807) is 61.5 Å². The van der Waals surface area contributed by atoms with Crippen LogP contribution in [0.15, 0.2) is 76.8 Å². The molecule has 4 rings (SSSR count). The van der Waals surface area contributed by atoms with Gasteiger partial charge >= 0.3 is 6.03 Å². The number of barbiturate groups is 1. The first-order valence-electron chi connectivity index (χ1n) is 10.4. The molecule has 1 saturated heterocycles. The predicted molar refractivity (Wildman–Crippen MR) is 132 cm³/mol. The Morgan fingerprint density at radius 1 is 1.06 bits per heavy atom. The Morgan fingerprint density at radius 3 is 2.43 bits per heavy atom. The standard InChI is InChI=1S/C25H18BrN3O6/c1-15-4-2-3-5-21(15)28-24(31)19(23(30)27-25(28)32)12-17-8-11-22(20(26)13-17)35-14-16-6-9-18(10-7-16)29(33)34/h2-13H,14H2,1H3,(H,27,30,32)/b19-12+. The Bertz CT molecular complexity index is 1380. The van der Waals surface area contributed by atoms with Gasteiger partial charge in [0.2, 0.25) is 0 Å². The molecule has 0 spiro atoms. The Balaban J connectivity index is 1.53. The van der Waals surface area contributed by atoms with E-state index in [0.717, 1.165) is 10.5 Å². The number of hydrogen-bond acceptors (Lipinski definition) is 6. The zero-order valence-corrected chi connectivity index (χ0v) is 19.9. The van der Waals surface area contributed by atoms with E-state index in [1.807, 2.05) is 0 Å². The number of nitro benzene ring substituents is 1. The maximum atomic E-state index is 13.1. The molecular weight excluding hydrogens is 518 g/mol. The van der Waals surface area contributed by atoms with Crippen LogP contribution >= 0.6 is 15.9 Å². The van der Waals surface area contributed by atoms with E-state index in [1.165, 1.54) is 18.2 Å². The van der Waals surface area contributed by atoms with Crippen molar-refractivity contribution < 1.29 is 24.0 Å². The molecule has 3 aromatic carbocycles. The molecule has 0 radical (unpaired) electrons. The number of nitrogens with zero attached hydrogens (tertiary/aromatic N) is 2. The molecule has 1 N–H and O–H groups in total. The Kier molecular flexibility index (Phi) is 6.74. The predicted octanol–water partition coefficient (Wildman–Crippen LogP) is 4.91. The van der Waals surface area contributed by atoms with Crippen molar-refractivity contribution in [1.29, 1.82) is 0 Å². The zero-order valence-electron chi connectivity index (χ0n) is 18.4. The van der Waals surface area contributed by atoms with Gasteiger partial charge in [0.05, 0.1) is 15.1 Å². The molecule has 176 valence electrons. The molecule has 0 bridgehead atoms. The smallest absolute Gasteiger partial charge is 0.335 e. The molecule has 0 unspecified atom stereocenters. The van der Waals surface area contributed by atoms with Crippen LogP contribution in [0.5, 0.6) is 5.75 Å². The minimum atomic E-state index is -0.803. The first kappa shape index (κ1) is 23.8. The summed E-state index contributed by atoms with van der Waals surface area (Å²) in [7, 11) is 0. The fraction of sp³-hybridized carbons (Fsp3) is 0.0800. The van der Waals surface area contributed by atoms with Crippen LogP contribution in [0.3, 0.4) is 0 Å². The average Bonchev–Trinajstić information content (AvgIpc) is 2.82. The van der Waals surface area contributed by atoms with Crippen LogP contribution < -0.4 is 15.0 Å². The fourth-order valence-electron chi connectivity index (χ4n) is 3.46. The fourth-order valence-corrected chi connectivity index (χ4v) is 3.97. The highest BCUT2D eigenvalue weighted by atomic mass is 79.9. The number of halogens is 1. The largest absolute Gasteiger partial charge is 0.488 e. The van der Waals surface area contributed by atoms with Crippen LogP contribution in [0, 0.1) is 17.0 Å². The third-order valence-corrected chi connectivity index (χ3v) is 5.89. The second-order valence-electron chi connectivity index (χ2n) is 7.65. The third-order valence-electron chi connectivity index (χ3n) is 5.27. The Hall–Kier alpha value is -4.31. The van der Waals surface area contributed by atoms with Crippen molar-refractivity contribution >= 4 is 51.2 Å². The van der Waals surface area contributed by atoms with Crippen LogP contribution in [0.1, 0.15) is 16.7 Å². The highest BCUT2D eigenvalue weighted by Crippen LogP contribution is 2.29. The van der Waals surface area contributed by atoms with Crippen LogP contribution in [-0.2, 0) is 16.2 Å². The number of carbonyl (C=O) groups is 3. The summed E-state index contributed by atoms with van der Waals surface area (Å²) >= 11 is 3.42. The molecule has 3 aromatic rings. The first-order valence-corrected chi connectivity index (χ1v) is 11.2. The lowest BCUT2D eigenvalue weighted by Gasteiger charge is -2.27. The number of imide groups is 2. The number of hydrogen-bond donors (Lipinski definition) is 1. The molecule has 10 heteroatoms. The molecule has 0 aromatic heterocycles. The van der Waals surface area contributed by atoms with Crippen molar-refractivity contribution in [3.63, 3.8) is 0 Å². The van der Waals surface area contributed by atoms with Gasteiger partial charge in [0.15, 0.2) is 0 Å². The minimum absolute atomic E-state index is 0.00342. The van der Waals surface area contributed by atoms with Crippen LogP contribution in [0.4, 0.5) is 16.2 Å². The van der Waals surface area contributed by atoms with Gasteiger partial charge in [-0.1, -0.05) is 24.3 Å². The monoisotopic (exact) mass is 535 g/mol. The van der Waals surface area contributed by atoms with Crippen LogP contribution in [0.2, 0.25) is 0 Å². The molecule has 0 saturated carbocycles. The highest BCUT2D eigenvalue weighted by molar-refractivity contribution is 9.10. The van der Waals surface area contributed by atoms with Gasteiger partial charge < -0.3 is 4.74 Å². The summed E-state index contributed by atoms with van der Waals surface area (Å²) in [6.45, 7) is 1.95. The number of amides is 4. The zero-order chi connectivity index (χ0) is 25.1. The quantitative estimate of drug-likeness (QED) is 0.207. The molecular formula is C25H18BrN3O6. The molecule has 1 heterocycles. The van der Waals surface area contributed by atoms with Crippen molar-refractivity contribution in [1.82, 2.24) is 5.32 Å². The van der Waals surface area contributed by atoms with Crippen LogP contribution in [-0.4, -0.2) is 22.8 Å². The number of carbonyl (C=O) groups excluding carboxylic acids is 3. The molecule has 9 nitrogen and oxygen atoms in total. The van der Waals surface area contributed by atoms with Crippen molar-refractivity contribution in [3.8, 4) is 5.75 Å². The summed E-state index contributed by atoms with van der Waals surface area (Å²) in [5.74, 6) is -0.997. The van der Waals surface area contributed by atoms with Crippen molar-refractivity contribution in [3.05, 3.63) is 104 Å². The molecule has 35 heavy (non-hydrogen) atoms. The Labute approximate surface area is 208 Å². The van der Waals surface area contributed by atoms with E-state index in [9.17, 15) is 24.5 Å². The SMILES string of the molecule is Cc1ccccc1N1C(=O)NC(=O)/C(=C\c2ccc(OCc3ccc([N+](=O)[O-])cc3)c(Br)c2)C1=O. The van der Waals surface area contributed by atoms with E-state index in [0.29, 0.717) is 27.0 Å². The maximum Gasteiger partial charge on any atom is 0.335 e. The molecule has 4 amide bonds. The molecule has 1 aliphatic heterocycles. The van der Waals surface area contributed by atoms with E-state index in [-0.39, 0.29) is 17.9 Å². The van der Waals surface area contributed by atoms with Gasteiger partial charge in [-0.05, 0) is 76.0 Å². The maximum absolute atomic E-state index is 13.1. The number of nitrogens with one attached hydrogen (secondary N) is 1. The summed E-state index contributed by atoms with van der Waals surface area (Å²) in [5, 5.41) is 13.0. The number of anilines is 1.